The molecule has 0 unspecified atom stereocenters. The van der Waals surface area contributed by atoms with E-state index in [2.05, 4.69) is 24.5 Å². The molecule has 1 aliphatic heterocycles. The number of piperidine rings is 1. The number of hydrogen-bond acceptors (Lipinski definition) is 3. The topological polar surface area (TPSA) is 12.5 Å². The summed E-state index contributed by atoms with van der Waals surface area (Å²) in [7, 11) is 0. The first-order valence-electron chi connectivity index (χ1n) is 4.81. The maximum Gasteiger partial charge on any atom is 0.0599 e. The molecule has 1 aliphatic rings. The number of nitrogens with zero attached hydrogens (tertiary/aromatic N) is 1. The second-order valence-electron chi connectivity index (χ2n) is 3.22. The minimum absolute atomic E-state index is 0.520. The second kappa shape index (κ2) is 5.84. The van der Waals surface area contributed by atoms with Gasteiger partial charge in [-0.15, -0.1) is 0 Å². The standard InChI is InChI=1S/C9H19NOS/c1-2-11-9-3-5-10(6-4-9)7-8-12/h9,12H,2-8H2,1H3. The van der Waals surface area contributed by atoms with E-state index < -0.39 is 0 Å². The molecule has 2 nitrogen and oxygen atoms in total. The first kappa shape index (κ1) is 10.4. The van der Waals surface area contributed by atoms with Crippen LogP contribution in [0.4, 0.5) is 0 Å². The van der Waals surface area contributed by atoms with E-state index in [-0.39, 0.29) is 0 Å². The van der Waals surface area contributed by atoms with Gasteiger partial charge in [0.1, 0.15) is 0 Å². The quantitative estimate of drug-likeness (QED) is 0.671. The van der Waals surface area contributed by atoms with Gasteiger partial charge in [-0.1, -0.05) is 0 Å². The molecule has 3 heteroatoms. The van der Waals surface area contributed by atoms with Gasteiger partial charge in [-0.2, -0.15) is 12.6 Å². The maximum atomic E-state index is 5.56. The van der Waals surface area contributed by atoms with Crippen LogP contribution in [0.3, 0.4) is 0 Å². The lowest BCUT2D eigenvalue weighted by molar-refractivity contribution is 0.0157. The van der Waals surface area contributed by atoms with Crippen molar-refractivity contribution >= 4 is 12.6 Å². The molecule has 0 aromatic carbocycles. The van der Waals surface area contributed by atoms with Crippen molar-refractivity contribution in [2.45, 2.75) is 25.9 Å². The third kappa shape index (κ3) is 3.33. The Bertz CT molecular complexity index is 99.1. The highest BCUT2D eigenvalue weighted by Gasteiger charge is 2.17. The van der Waals surface area contributed by atoms with Crippen molar-refractivity contribution in [1.82, 2.24) is 4.90 Å². The Morgan fingerprint density at radius 1 is 1.42 bits per heavy atom. The van der Waals surface area contributed by atoms with E-state index >= 15 is 0 Å². The number of likely N-dealkylation sites (tertiary alicyclic amines) is 1. The molecule has 0 amide bonds. The van der Waals surface area contributed by atoms with Gasteiger partial charge in [0, 0.05) is 32.0 Å². The fraction of sp³-hybridized carbons (Fsp3) is 1.00. The number of hydrogen-bond donors (Lipinski definition) is 1. The minimum Gasteiger partial charge on any atom is -0.378 e. The summed E-state index contributed by atoms with van der Waals surface area (Å²) in [6.07, 6.45) is 2.91. The van der Waals surface area contributed by atoms with Gasteiger partial charge in [0.25, 0.3) is 0 Å². The van der Waals surface area contributed by atoms with Crippen LogP contribution in [0.5, 0.6) is 0 Å². The van der Waals surface area contributed by atoms with Crippen molar-refractivity contribution in [1.29, 1.82) is 0 Å². The van der Waals surface area contributed by atoms with Gasteiger partial charge in [0.05, 0.1) is 6.10 Å². The molecule has 1 rings (SSSR count). The number of thiol groups is 1. The van der Waals surface area contributed by atoms with Crippen LogP contribution in [0.1, 0.15) is 19.8 Å². The van der Waals surface area contributed by atoms with Crippen molar-refractivity contribution in [2.75, 3.05) is 32.0 Å². The fourth-order valence-corrected chi connectivity index (χ4v) is 1.96. The van der Waals surface area contributed by atoms with Gasteiger partial charge in [-0.25, -0.2) is 0 Å². The molecular formula is C9H19NOS. The van der Waals surface area contributed by atoms with Gasteiger partial charge >= 0.3 is 0 Å². The summed E-state index contributed by atoms with van der Waals surface area (Å²) in [5.74, 6) is 0.972. The Hall–Kier alpha value is 0.270. The molecule has 12 heavy (non-hydrogen) atoms. The molecule has 0 N–H and O–H groups in total. The first-order chi connectivity index (χ1) is 5.86. The highest BCUT2D eigenvalue weighted by Crippen LogP contribution is 2.12. The summed E-state index contributed by atoms with van der Waals surface area (Å²) in [5.41, 5.74) is 0. The lowest BCUT2D eigenvalue weighted by atomic mass is 10.1. The zero-order chi connectivity index (χ0) is 8.81. The summed E-state index contributed by atoms with van der Waals surface area (Å²) in [5, 5.41) is 0. The van der Waals surface area contributed by atoms with Crippen molar-refractivity contribution in [3.8, 4) is 0 Å². The number of rotatable bonds is 4. The Balaban J connectivity index is 2.11. The van der Waals surface area contributed by atoms with Crippen molar-refractivity contribution in [3.05, 3.63) is 0 Å². The molecule has 0 aromatic heterocycles. The Morgan fingerprint density at radius 3 is 2.58 bits per heavy atom. The Kier molecular flexibility index (Phi) is 5.04. The zero-order valence-corrected chi connectivity index (χ0v) is 8.72. The monoisotopic (exact) mass is 189 g/mol. The molecule has 0 atom stereocenters. The number of ether oxygens (including phenoxy) is 1. The van der Waals surface area contributed by atoms with E-state index in [4.69, 9.17) is 4.74 Å². The highest BCUT2D eigenvalue weighted by atomic mass is 32.1. The van der Waals surface area contributed by atoms with Crippen LogP contribution >= 0.6 is 12.6 Å². The Morgan fingerprint density at radius 2 is 2.08 bits per heavy atom. The highest BCUT2D eigenvalue weighted by molar-refractivity contribution is 7.80. The van der Waals surface area contributed by atoms with Crippen molar-refractivity contribution < 1.29 is 4.74 Å². The maximum absolute atomic E-state index is 5.56. The van der Waals surface area contributed by atoms with Gasteiger partial charge in [-0.05, 0) is 19.8 Å². The molecule has 0 spiro atoms. The smallest absolute Gasteiger partial charge is 0.0599 e. The van der Waals surface area contributed by atoms with Gasteiger partial charge in [-0.3, -0.25) is 0 Å². The van der Waals surface area contributed by atoms with Gasteiger partial charge in [0.15, 0.2) is 0 Å². The van der Waals surface area contributed by atoms with Crippen LogP contribution in [0, 0.1) is 0 Å². The predicted molar refractivity (Wildman–Crippen MR) is 54.9 cm³/mol. The summed E-state index contributed by atoms with van der Waals surface area (Å²) in [4.78, 5) is 2.46. The third-order valence-corrected chi connectivity index (χ3v) is 2.55. The zero-order valence-electron chi connectivity index (χ0n) is 7.83. The molecule has 72 valence electrons. The lowest BCUT2D eigenvalue weighted by Gasteiger charge is -2.31. The minimum atomic E-state index is 0.520. The van der Waals surface area contributed by atoms with E-state index in [1.165, 1.54) is 25.9 Å². The van der Waals surface area contributed by atoms with Crippen LogP contribution in [0.2, 0.25) is 0 Å². The van der Waals surface area contributed by atoms with E-state index in [0.717, 1.165) is 18.9 Å². The Labute approximate surface area is 80.7 Å². The average molecular weight is 189 g/mol. The SMILES string of the molecule is CCOC1CCN(CCS)CC1. The molecule has 0 saturated carbocycles. The molecule has 1 saturated heterocycles. The van der Waals surface area contributed by atoms with Gasteiger partial charge in [0.2, 0.25) is 0 Å². The molecule has 0 aliphatic carbocycles. The van der Waals surface area contributed by atoms with E-state index in [9.17, 15) is 0 Å². The predicted octanol–water partition coefficient (Wildman–Crippen LogP) is 1.42. The first-order valence-corrected chi connectivity index (χ1v) is 5.45. The largest absolute Gasteiger partial charge is 0.378 e. The molecular weight excluding hydrogens is 170 g/mol. The third-order valence-electron chi connectivity index (χ3n) is 2.35. The molecule has 0 bridgehead atoms. The normalized spacial score (nSPS) is 21.5. The molecule has 1 fully saturated rings. The van der Waals surface area contributed by atoms with Crippen LogP contribution in [0.15, 0.2) is 0 Å². The van der Waals surface area contributed by atoms with Crippen LogP contribution in [-0.2, 0) is 4.74 Å². The summed E-state index contributed by atoms with van der Waals surface area (Å²) in [6, 6.07) is 0. The van der Waals surface area contributed by atoms with E-state index in [1.54, 1.807) is 0 Å². The van der Waals surface area contributed by atoms with Crippen molar-refractivity contribution in [2.24, 2.45) is 0 Å². The van der Waals surface area contributed by atoms with Crippen LogP contribution in [0.25, 0.3) is 0 Å². The van der Waals surface area contributed by atoms with Crippen LogP contribution in [-0.4, -0.2) is 43.0 Å². The summed E-state index contributed by atoms with van der Waals surface area (Å²) in [6.45, 7) is 6.43. The van der Waals surface area contributed by atoms with Crippen molar-refractivity contribution in [3.63, 3.8) is 0 Å². The van der Waals surface area contributed by atoms with E-state index in [0.29, 0.717) is 6.10 Å². The second-order valence-corrected chi connectivity index (χ2v) is 3.67. The molecule has 0 radical (unpaired) electrons. The fourth-order valence-electron chi connectivity index (χ4n) is 1.68. The lowest BCUT2D eigenvalue weighted by Crippen LogP contribution is -2.38. The van der Waals surface area contributed by atoms with Crippen LogP contribution < -0.4 is 0 Å². The van der Waals surface area contributed by atoms with Gasteiger partial charge < -0.3 is 9.64 Å². The van der Waals surface area contributed by atoms with E-state index in [1.807, 2.05) is 0 Å². The summed E-state index contributed by atoms with van der Waals surface area (Å²) < 4.78 is 5.56. The molecule has 0 aromatic rings. The summed E-state index contributed by atoms with van der Waals surface area (Å²) >= 11 is 4.22. The average Bonchev–Trinajstić information content (AvgIpc) is 2.09. The molecule has 1 heterocycles.